The van der Waals surface area contributed by atoms with Crippen molar-refractivity contribution < 1.29 is 4.74 Å². The molecule has 0 saturated carbocycles. The van der Waals surface area contributed by atoms with E-state index in [4.69, 9.17) is 10.5 Å². The number of hydrogen-bond donors (Lipinski definition) is 1. The number of ether oxygens (including phenoxy) is 1. The van der Waals surface area contributed by atoms with Gasteiger partial charge in [0.15, 0.2) is 0 Å². The summed E-state index contributed by atoms with van der Waals surface area (Å²) in [4.78, 5) is 0. The van der Waals surface area contributed by atoms with Crippen molar-refractivity contribution in [3.05, 3.63) is 28.8 Å². The van der Waals surface area contributed by atoms with Gasteiger partial charge in [-0.05, 0) is 75.3 Å². The summed E-state index contributed by atoms with van der Waals surface area (Å²) >= 11 is 0. The van der Waals surface area contributed by atoms with Crippen LogP contribution in [0, 0.1) is 13.8 Å². The highest BCUT2D eigenvalue weighted by atomic mass is 16.5. The zero-order chi connectivity index (χ0) is 13.5. The monoisotopic (exact) mass is 249 g/mol. The van der Waals surface area contributed by atoms with Gasteiger partial charge in [0.2, 0.25) is 0 Å². The predicted molar refractivity (Wildman–Crippen MR) is 78.3 cm³/mol. The molecular formula is C16H27NO. The summed E-state index contributed by atoms with van der Waals surface area (Å²) < 4.78 is 5.56. The summed E-state index contributed by atoms with van der Waals surface area (Å²) in [5.41, 5.74) is 10.1. The first-order chi connectivity index (χ1) is 8.58. The first-order valence-electron chi connectivity index (χ1n) is 7.07. The van der Waals surface area contributed by atoms with Gasteiger partial charge in [0, 0.05) is 6.04 Å². The van der Waals surface area contributed by atoms with E-state index in [1.54, 1.807) is 0 Å². The van der Waals surface area contributed by atoms with Crippen molar-refractivity contribution in [2.24, 2.45) is 5.73 Å². The Morgan fingerprint density at radius 3 is 2.28 bits per heavy atom. The van der Waals surface area contributed by atoms with Crippen molar-refractivity contribution in [3.63, 3.8) is 0 Å². The maximum atomic E-state index is 5.96. The maximum absolute atomic E-state index is 5.96. The average molecular weight is 249 g/mol. The molecule has 0 fully saturated rings. The molecule has 0 radical (unpaired) electrons. The minimum Gasteiger partial charge on any atom is -0.494 e. The Labute approximate surface area is 112 Å². The lowest BCUT2D eigenvalue weighted by Crippen LogP contribution is -2.18. The smallest absolute Gasteiger partial charge is 0.119 e. The summed E-state index contributed by atoms with van der Waals surface area (Å²) in [6.45, 7) is 9.24. The van der Waals surface area contributed by atoms with E-state index in [2.05, 4.69) is 32.9 Å². The minimum atomic E-state index is 0.355. The minimum absolute atomic E-state index is 0.355. The topological polar surface area (TPSA) is 35.2 Å². The molecule has 102 valence electrons. The van der Waals surface area contributed by atoms with Gasteiger partial charge in [-0.3, -0.25) is 0 Å². The molecule has 2 nitrogen and oxygen atoms in total. The Morgan fingerprint density at radius 2 is 1.78 bits per heavy atom. The second-order valence-electron chi connectivity index (χ2n) is 5.03. The van der Waals surface area contributed by atoms with E-state index in [0.717, 1.165) is 31.6 Å². The Balaban J connectivity index is 2.65. The number of rotatable bonds is 7. The molecule has 0 aliphatic rings. The van der Waals surface area contributed by atoms with Gasteiger partial charge in [-0.1, -0.05) is 6.92 Å². The second kappa shape index (κ2) is 7.42. The van der Waals surface area contributed by atoms with Crippen molar-refractivity contribution in [1.29, 1.82) is 0 Å². The quantitative estimate of drug-likeness (QED) is 0.798. The number of hydrogen-bond acceptors (Lipinski definition) is 2. The maximum Gasteiger partial charge on any atom is 0.119 e. The molecule has 0 amide bonds. The lowest BCUT2D eigenvalue weighted by molar-refractivity contribution is 0.339. The molecule has 1 atom stereocenters. The van der Waals surface area contributed by atoms with E-state index in [9.17, 15) is 0 Å². The zero-order valence-corrected chi connectivity index (χ0v) is 12.3. The summed E-state index contributed by atoms with van der Waals surface area (Å²) in [6.07, 6.45) is 4.48. The van der Waals surface area contributed by atoms with Crippen LogP contribution in [0.3, 0.4) is 0 Å². The van der Waals surface area contributed by atoms with Gasteiger partial charge < -0.3 is 10.5 Å². The SMILES string of the molecule is CCOc1cc(C)c(CCCC(N)CC)c(C)c1. The second-order valence-corrected chi connectivity index (χ2v) is 5.03. The number of aryl methyl sites for hydroxylation is 2. The van der Waals surface area contributed by atoms with Crippen molar-refractivity contribution in [1.82, 2.24) is 0 Å². The molecule has 0 aliphatic heterocycles. The Hall–Kier alpha value is -1.02. The molecule has 1 aromatic rings. The van der Waals surface area contributed by atoms with E-state index < -0.39 is 0 Å². The molecule has 0 spiro atoms. The summed E-state index contributed by atoms with van der Waals surface area (Å²) in [5.74, 6) is 0.988. The standard InChI is InChI=1S/C16H27NO/c1-5-14(17)8-7-9-16-12(3)10-15(18-6-2)11-13(16)4/h10-11,14H,5-9,17H2,1-4H3. The normalized spacial score (nSPS) is 12.5. The van der Waals surface area contributed by atoms with Crippen LogP contribution >= 0.6 is 0 Å². The Bertz CT molecular complexity index is 350. The molecule has 0 aromatic heterocycles. The van der Waals surface area contributed by atoms with Crippen LogP contribution < -0.4 is 10.5 Å². The fraction of sp³-hybridized carbons (Fsp3) is 0.625. The van der Waals surface area contributed by atoms with Crippen LogP contribution in [0.1, 0.15) is 49.8 Å². The molecule has 2 N–H and O–H groups in total. The zero-order valence-electron chi connectivity index (χ0n) is 12.3. The third-order valence-electron chi connectivity index (χ3n) is 3.51. The highest BCUT2D eigenvalue weighted by Gasteiger charge is 2.07. The van der Waals surface area contributed by atoms with Crippen molar-refractivity contribution >= 4 is 0 Å². The van der Waals surface area contributed by atoms with E-state index in [0.29, 0.717) is 6.04 Å². The fourth-order valence-corrected chi connectivity index (χ4v) is 2.34. The molecule has 0 aliphatic carbocycles. The molecule has 0 heterocycles. The first-order valence-corrected chi connectivity index (χ1v) is 7.07. The summed E-state index contributed by atoms with van der Waals surface area (Å²) in [7, 11) is 0. The fourth-order valence-electron chi connectivity index (χ4n) is 2.34. The Morgan fingerprint density at radius 1 is 1.17 bits per heavy atom. The molecule has 1 rings (SSSR count). The van der Waals surface area contributed by atoms with Crippen LogP contribution in [-0.2, 0) is 6.42 Å². The van der Waals surface area contributed by atoms with Crippen LogP contribution in [0.2, 0.25) is 0 Å². The summed E-state index contributed by atoms with van der Waals surface area (Å²) in [5, 5.41) is 0. The molecule has 0 saturated heterocycles. The van der Waals surface area contributed by atoms with Crippen LogP contribution in [0.5, 0.6) is 5.75 Å². The Kier molecular flexibility index (Phi) is 6.20. The lowest BCUT2D eigenvalue weighted by atomic mass is 9.96. The third-order valence-corrected chi connectivity index (χ3v) is 3.51. The van der Waals surface area contributed by atoms with Gasteiger partial charge >= 0.3 is 0 Å². The van der Waals surface area contributed by atoms with E-state index in [1.807, 2.05) is 6.92 Å². The van der Waals surface area contributed by atoms with Gasteiger partial charge in [-0.15, -0.1) is 0 Å². The first kappa shape index (κ1) is 15.0. The highest BCUT2D eigenvalue weighted by Crippen LogP contribution is 2.23. The molecule has 1 unspecified atom stereocenters. The molecule has 18 heavy (non-hydrogen) atoms. The number of benzene rings is 1. The van der Waals surface area contributed by atoms with Gasteiger partial charge in [-0.25, -0.2) is 0 Å². The molecule has 2 heteroatoms. The lowest BCUT2D eigenvalue weighted by Gasteiger charge is -2.14. The van der Waals surface area contributed by atoms with Crippen molar-refractivity contribution in [2.45, 2.75) is 59.4 Å². The van der Waals surface area contributed by atoms with Crippen LogP contribution in [0.15, 0.2) is 12.1 Å². The van der Waals surface area contributed by atoms with Crippen LogP contribution in [0.4, 0.5) is 0 Å². The molecule has 0 bridgehead atoms. The van der Waals surface area contributed by atoms with Gasteiger partial charge in [0.25, 0.3) is 0 Å². The van der Waals surface area contributed by atoms with E-state index >= 15 is 0 Å². The van der Waals surface area contributed by atoms with Crippen molar-refractivity contribution in [3.8, 4) is 5.75 Å². The highest BCUT2D eigenvalue weighted by molar-refractivity contribution is 5.41. The average Bonchev–Trinajstić information content (AvgIpc) is 2.32. The molecule has 1 aromatic carbocycles. The van der Waals surface area contributed by atoms with Crippen molar-refractivity contribution in [2.75, 3.05) is 6.61 Å². The largest absolute Gasteiger partial charge is 0.494 e. The van der Waals surface area contributed by atoms with Gasteiger partial charge in [0.1, 0.15) is 5.75 Å². The predicted octanol–water partition coefficient (Wildman–Crippen LogP) is 3.76. The summed E-state index contributed by atoms with van der Waals surface area (Å²) in [6, 6.07) is 4.64. The van der Waals surface area contributed by atoms with Gasteiger partial charge in [0.05, 0.1) is 6.61 Å². The van der Waals surface area contributed by atoms with Crippen LogP contribution in [0.25, 0.3) is 0 Å². The number of nitrogens with two attached hydrogens (primary N) is 1. The van der Waals surface area contributed by atoms with E-state index in [-0.39, 0.29) is 0 Å². The molecular weight excluding hydrogens is 222 g/mol. The van der Waals surface area contributed by atoms with Gasteiger partial charge in [-0.2, -0.15) is 0 Å². The van der Waals surface area contributed by atoms with Crippen LogP contribution in [-0.4, -0.2) is 12.6 Å². The third kappa shape index (κ3) is 4.34. The van der Waals surface area contributed by atoms with E-state index in [1.165, 1.54) is 23.1 Å².